The van der Waals surface area contributed by atoms with Crippen LogP contribution in [0.15, 0.2) is 29.1 Å². The summed E-state index contributed by atoms with van der Waals surface area (Å²) in [7, 11) is 0. The number of nitrogens with zero attached hydrogens (tertiary/aromatic N) is 1. The van der Waals surface area contributed by atoms with E-state index in [4.69, 9.17) is 0 Å². The summed E-state index contributed by atoms with van der Waals surface area (Å²) in [4.78, 5) is 3.64. The number of nitrogens with one attached hydrogen (secondary N) is 1. The van der Waals surface area contributed by atoms with Gasteiger partial charge in [0.1, 0.15) is 5.82 Å². The van der Waals surface area contributed by atoms with Crippen molar-refractivity contribution >= 4 is 17.2 Å². The van der Waals surface area contributed by atoms with Crippen molar-refractivity contribution in [3.63, 3.8) is 0 Å². The van der Waals surface area contributed by atoms with Crippen molar-refractivity contribution in [3.05, 3.63) is 46.3 Å². The fourth-order valence-electron chi connectivity index (χ4n) is 1.30. The molecule has 2 rings (SSSR count). The molecular weight excluding hydrogens is 230 g/mol. The quantitative estimate of drug-likeness (QED) is 0.888. The molecule has 5 heteroatoms. The normalized spacial score (nSPS) is 10.4. The van der Waals surface area contributed by atoms with Crippen molar-refractivity contribution in [1.29, 1.82) is 0 Å². The van der Waals surface area contributed by atoms with Crippen LogP contribution in [0.2, 0.25) is 0 Å². The molecule has 0 saturated heterocycles. The smallest absolute Gasteiger partial charge is 0.168 e. The van der Waals surface area contributed by atoms with Gasteiger partial charge in [-0.3, -0.25) is 0 Å². The van der Waals surface area contributed by atoms with E-state index in [1.165, 1.54) is 5.56 Å². The van der Waals surface area contributed by atoms with E-state index in [0.29, 0.717) is 6.54 Å². The Kier molecular flexibility index (Phi) is 3.46. The first kappa shape index (κ1) is 11.0. The van der Waals surface area contributed by atoms with Crippen LogP contribution in [0.3, 0.4) is 0 Å². The van der Waals surface area contributed by atoms with Crippen molar-refractivity contribution in [2.24, 2.45) is 0 Å². The van der Waals surface area contributed by atoms with Crippen LogP contribution in [0.25, 0.3) is 0 Å². The van der Waals surface area contributed by atoms with Gasteiger partial charge in [0.15, 0.2) is 11.6 Å². The zero-order valence-electron chi connectivity index (χ0n) is 8.41. The number of halogens is 2. The van der Waals surface area contributed by atoms with Gasteiger partial charge in [-0.15, -0.1) is 0 Å². The number of aromatic nitrogens is 1. The third kappa shape index (κ3) is 2.76. The van der Waals surface area contributed by atoms with E-state index in [9.17, 15) is 8.78 Å². The van der Waals surface area contributed by atoms with Crippen LogP contribution in [-0.4, -0.2) is 11.5 Å². The number of hydrogen-bond acceptors (Lipinski definition) is 3. The van der Waals surface area contributed by atoms with Gasteiger partial charge in [0.05, 0.1) is 6.20 Å². The highest BCUT2D eigenvalue weighted by molar-refractivity contribution is 7.07. The summed E-state index contributed by atoms with van der Waals surface area (Å²) in [6.45, 7) is 0.576. The minimum Gasteiger partial charge on any atom is -0.367 e. The molecule has 0 fully saturated rings. The van der Waals surface area contributed by atoms with Gasteiger partial charge in [0.25, 0.3) is 0 Å². The summed E-state index contributed by atoms with van der Waals surface area (Å²) in [5, 5.41) is 6.86. The Morgan fingerprint density at radius 3 is 2.94 bits per heavy atom. The summed E-state index contributed by atoms with van der Waals surface area (Å²) >= 11 is 1.62. The number of hydrogen-bond donors (Lipinski definition) is 1. The first-order chi connectivity index (χ1) is 7.75. The molecule has 0 aromatic carbocycles. The third-order valence-corrected chi connectivity index (χ3v) is 2.83. The van der Waals surface area contributed by atoms with Gasteiger partial charge in [0, 0.05) is 12.6 Å². The van der Waals surface area contributed by atoms with Gasteiger partial charge in [-0.05, 0) is 28.8 Å². The van der Waals surface area contributed by atoms with E-state index in [0.717, 1.165) is 18.7 Å². The molecule has 2 nitrogen and oxygen atoms in total. The Labute approximate surface area is 96.0 Å². The molecule has 0 amide bonds. The molecule has 1 N–H and O–H groups in total. The van der Waals surface area contributed by atoms with Crippen LogP contribution < -0.4 is 5.32 Å². The monoisotopic (exact) mass is 240 g/mol. The fraction of sp³-hybridized carbons (Fsp3) is 0.182. The van der Waals surface area contributed by atoms with Crippen molar-refractivity contribution in [1.82, 2.24) is 4.98 Å². The van der Waals surface area contributed by atoms with Gasteiger partial charge in [-0.2, -0.15) is 11.3 Å². The Bertz CT molecular complexity index is 457. The maximum atomic E-state index is 13.2. The molecular formula is C11H10F2N2S. The molecule has 0 aliphatic heterocycles. The van der Waals surface area contributed by atoms with E-state index in [1.807, 2.05) is 16.8 Å². The molecule has 16 heavy (non-hydrogen) atoms. The van der Waals surface area contributed by atoms with Crippen LogP contribution in [0.5, 0.6) is 0 Å². The highest BCUT2D eigenvalue weighted by Gasteiger charge is 2.04. The average Bonchev–Trinajstić information content (AvgIpc) is 2.74. The summed E-state index contributed by atoms with van der Waals surface area (Å²) in [6, 6.07) is 2.83. The predicted molar refractivity (Wildman–Crippen MR) is 60.7 cm³/mol. The SMILES string of the molecule is Fc1cnc(NCCc2ccsc2)c(F)c1. The lowest BCUT2D eigenvalue weighted by molar-refractivity contribution is 0.575. The second-order valence-corrected chi connectivity index (χ2v) is 4.07. The van der Waals surface area contributed by atoms with Crippen molar-refractivity contribution in [3.8, 4) is 0 Å². The van der Waals surface area contributed by atoms with E-state index < -0.39 is 11.6 Å². The number of anilines is 1. The van der Waals surface area contributed by atoms with E-state index >= 15 is 0 Å². The van der Waals surface area contributed by atoms with Gasteiger partial charge >= 0.3 is 0 Å². The Hall–Kier alpha value is -1.49. The van der Waals surface area contributed by atoms with Gasteiger partial charge < -0.3 is 5.32 Å². The highest BCUT2D eigenvalue weighted by Crippen LogP contribution is 2.12. The molecule has 0 spiro atoms. The minimum atomic E-state index is -0.666. The van der Waals surface area contributed by atoms with Crippen molar-refractivity contribution in [2.75, 3.05) is 11.9 Å². The summed E-state index contributed by atoms with van der Waals surface area (Å²) in [5.74, 6) is -1.23. The highest BCUT2D eigenvalue weighted by atomic mass is 32.1. The maximum Gasteiger partial charge on any atom is 0.168 e. The Balaban J connectivity index is 1.90. The average molecular weight is 240 g/mol. The molecule has 2 heterocycles. The van der Waals surface area contributed by atoms with E-state index in [1.54, 1.807) is 11.3 Å². The number of rotatable bonds is 4. The number of thiophene rings is 1. The molecule has 0 unspecified atom stereocenters. The summed E-state index contributed by atoms with van der Waals surface area (Å²) in [5.41, 5.74) is 1.19. The molecule has 0 saturated carbocycles. The van der Waals surface area contributed by atoms with Gasteiger partial charge in [-0.1, -0.05) is 0 Å². The topological polar surface area (TPSA) is 24.9 Å². The zero-order chi connectivity index (χ0) is 11.4. The summed E-state index contributed by atoms with van der Waals surface area (Å²) in [6.07, 6.45) is 1.79. The second kappa shape index (κ2) is 5.03. The molecule has 0 aliphatic carbocycles. The molecule has 0 atom stereocenters. The molecule has 2 aromatic rings. The lowest BCUT2D eigenvalue weighted by Gasteiger charge is -2.05. The molecule has 0 bridgehead atoms. The molecule has 2 aromatic heterocycles. The van der Waals surface area contributed by atoms with Crippen molar-refractivity contribution < 1.29 is 8.78 Å². The molecule has 0 radical (unpaired) electrons. The van der Waals surface area contributed by atoms with Crippen LogP contribution >= 0.6 is 11.3 Å². The first-order valence-electron chi connectivity index (χ1n) is 4.81. The lowest BCUT2D eigenvalue weighted by atomic mass is 10.2. The van der Waals surface area contributed by atoms with Crippen LogP contribution in [0, 0.1) is 11.6 Å². The lowest BCUT2D eigenvalue weighted by Crippen LogP contribution is -2.07. The van der Waals surface area contributed by atoms with E-state index in [2.05, 4.69) is 10.3 Å². The van der Waals surface area contributed by atoms with Gasteiger partial charge in [-0.25, -0.2) is 13.8 Å². The minimum absolute atomic E-state index is 0.0941. The Morgan fingerprint density at radius 1 is 1.38 bits per heavy atom. The van der Waals surface area contributed by atoms with Gasteiger partial charge in [0.2, 0.25) is 0 Å². The second-order valence-electron chi connectivity index (χ2n) is 3.29. The summed E-state index contributed by atoms with van der Waals surface area (Å²) < 4.78 is 25.7. The zero-order valence-corrected chi connectivity index (χ0v) is 9.23. The predicted octanol–water partition coefficient (Wildman–Crippen LogP) is 3.08. The van der Waals surface area contributed by atoms with Crippen LogP contribution in [-0.2, 0) is 6.42 Å². The number of pyridine rings is 1. The molecule has 0 aliphatic rings. The first-order valence-corrected chi connectivity index (χ1v) is 5.76. The Morgan fingerprint density at radius 2 is 2.25 bits per heavy atom. The van der Waals surface area contributed by atoms with E-state index in [-0.39, 0.29) is 5.82 Å². The molecule has 84 valence electrons. The van der Waals surface area contributed by atoms with Crippen LogP contribution in [0.4, 0.5) is 14.6 Å². The fourth-order valence-corrected chi connectivity index (χ4v) is 2.01. The third-order valence-electron chi connectivity index (χ3n) is 2.09. The van der Waals surface area contributed by atoms with Crippen LogP contribution in [0.1, 0.15) is 5.56 Å². The standard InChI is InChI=1S/C11H10F2N2S/c12-9-5-10(13)11(15-6-9)14-3-1-8-2-4-16-7-8/h2,4-7H,1,3H2,(H,14,15). The maximum absolute atomic E-state index is 13.2. The van der Waals surface area contributed by atoms with Crippen molar-refractivity contribution in [2.45, 2.75) is 6.42 Å². The largest absolute Gasteiger partial charge is 0.367 e.